The Morgan fingerprint density at radius 3 is 2.82 bits per heavy atom. The molecule has 1 aromatic heterocycles. The van der Waals surface area contributed by atoms with E-state index in [2.05, 4.69) is 10.3 Å². The number of aromatic nitrogens is 1. The molecule has 118 valence electrons. The van der Waals surface area contributed by atoms with Gasteiger partial charge in [0.2, 0.25) is 5.91 Å². The fourth-order valence-corrected chi connectivity index (χ4v) is 2.83. The van der Waals surface area contributed by atoms with Crippen LogP contribution >= 0.6 is 11.3 Å². The molecule has 0 aliphatic heterocycles. The van der Waals surface area contributed by atoms with Gasteiger partial charge in [0.1, 0.15) is 0 Å². The molecule has 1 aromatic carbocycles. The molecule has 0 aliphatic rings. The molecule has 0 unspecified atom stereocenters. The summed E-state index contributed by atoms with van der Waals surface area (Å²) >= 11 is 1.36. The average molecular weight is 320 g/mol. The van der Waals surface area contributed by atoms with Gasteiger partial charge in [0, 0.05) is 6.42 Å². The third kappa shape index (κ3) is 4.27. The van der Waals surface area contributed by atoms with Crippen molar-refractivity contribution in [1.82, 2.24) is 4.98 Å². The number of rotatable bonds is 7. The van der Waals surface area contributed by atoms with E-state index in [1.807, 2.05) is 13.8 Å². The zero-order valence-corrected chi connectivity index (χ0v) is 13.7. The van der Waals surface area contributed by atoms with Gasteiger partial charge in [-0.1, -0.05) is 31.6 Å². The standard InChI is InChI=1S/C16H20N2O3S/c1-3-5-9-21-15(20)11-7-8-12-13(10-11)22-16(17-12)18-14(19)6-4-2/h7-8,10H,3-6,9H2,1-2H3,(H,17,18,19). The molecule has 0 saturated carbocycles. The second-order valence-corrected chi connectivity index (χ2v) is 6.02. The summed E-state index contributed by atoms with van der Waals surface area (Å²) in [5.74, 6) is -0.360. The van der Waals surface area contributed by atoms with Crippen molar-refractivity contribution in [2.75, 3.05) is 11.9 Å². The molecule has 22 heavy (non-hydrogen) atoms. The maximum absolute atomic E-state index is 11.9. The van der Waals surface area contributed by atoms with E-state index in [1.54, 1.807) is 18.2 Å². The largest absolute Gasteiger partial charge is 0.462 e. The Morgan fingerprint density at radius 2 is 2.09 bits per heavy atom. The number of ether oxygens (including phenoxy) is 1. The van der Waals surface area contributed by atoms with Gasteiger partial charge in [-0.25, -0.2) is 9.78 Å². The maximum atomic E-state index is 11.9. The van der Waals surface area contributed by atoms with Crippen LogP contribution in [0, 0.1) is 0 Å². The number of amides is 1. The van der Waals surface area contributed by atoms with E-state index >= 15 is 0 Å². The van der Waals surface area contributed by atoms with E-state index in [-0.39, 0.29) is 11.9 Å². The number of carbonyl (C=O) groups is 2. The van der Waals surface area contributed by atoms with Crippen molar-refractivity contribution in [1.29, 1.82) is 0 Å². The number of unbranched alkanes of at least 4 members (excludes halogenated alkanes) is 1. The summed E-state index contributed by atoms with van der Waals surface area (Å²) < 4.78 is 6.05. The molecule has 2 rings (SSSR count). The minimum Gasteiger partial charge on any atom is -0.462 e. The van der Waals surface area contributed by atoms with Crippen LogP contribution in [0.2, 0.25) is 0 Å². The van der Waals surface area contributed by atoms with Gasteiger partial charge in [-0.05, 0) is 31.0 Å². The van der Waals surface area contributed by atoms with Crippen molar-refractivity contribution < 1.29 is 14.3 Å². The van der Waals surface area contributed by atoms with Crippen molar-refractivity contribution >= 4 is 38.6 Å². The lowest BCUT2D eigenvalue weighted by molar-refractivity contribution is -0.116. The number of anilines is 1. The van der Waals surface area contributed by atoms with Crippen molar-refractivity contribution in [3.05, 3.63) is 23.8 Å². The molecule has 0 radical (unpaired) electrons. The van der Waals surface area contributed by atoms with Gasteiger partial charge >= 0.3 is 5.97 Å². The zero-order chi connectivity index (χ0) is 15.9. The minimum atomic E-state index is -0.319. The number of thiazole rings is 1. The summed E-state index contributed by atoms with van der Waals surface area (Å²) in [6.07, 6.45) is 3.12. The summed E-state index contributed by atoms with van der Waals surface area (Å²) in [4.78, 5) is 27.9. The first-order chi connectivity index (χ1) is 10.6. The molecule has 0 aliphatic carbocycles. The maximum Gasteiger partial charge on any atom is 0.338 e. The number of hydrogen-bond acceptors (Lipinski definition) is 5. The monoisotopic (exact) mass is 320 g/mol. The molecule has 0 bridgehead atoms. The summed E-state index contributed by atoms with van der Waals surface area (Å²) in [7, 11) is 0. The lowest BCUT2D eigenvalue weighted by Gasteiger charge is -2.03. The van der Waals surface area contributed by atoms with Crippen LogP contribution in [0.15, 0.2) is 18.2 Å². The second kappa shape index (κ2) is 7.89. The van der Waals surface area contributed by atoms with Crippen LogP contribution in [0.1, 0.15) is 49.9 Å². The highest BCUT2D eigenvalue weighted by Gasteiger charge is 2.11. The SMILES string of the molecule is CCCCOC(=O)c1ccc2nc(NC(=O)CCC)sc2c1. The van der Waals surface area contributed by atoms with E-state index in [0.717, 1.165) is 29.5 Å². The Kier molecular flexibility index (Phi) is 5.89. The highest BCUT2D eigenvalue weighted by molar-refractivity contribution is 7.22. The number of nitrogens with one attached hydrogen (secondary N) is 1. The van der Waals surface area contributed by atoms with Crippen LogP contribution in [-0.4, -0.2) is 23.5 Å². The summed E-state index contributed by atoms with van der Waals surface area (Å²) in [6.45, 7) is 4.44. The molecule has 0 atom stereocenters. The van der Waals surface area contributed by atoms with Gasteiger partial charge in [0.25, 0.3) is 0 Å². The van der Waals surface area contributed by atoms with Crippen molar-refractivity contribution in [2.24, 2.45) is 0 Å². The van der Waals surface area contributed by atoms with Crippen LogP contribution in [0.3, 0.4) is 0 Å². The van der Waals surface area contributed by atoms with Gasteiger partial charge < -0.3 is 10.1 Å². The number of carbonyl (C=O) groups excluding carboxylic acids is 2. The van der Waals surface area contributed by atoms with E-state index in [9.17, 15) is 9.59 Å². The van der Waals surface area contributed by atoms with E-state index in [0.29, 0.717) is 23.7 Å². The van der Waals surface area contributed by atoms with Gasteiger partial charge in [-0.15, -0.1) is 0 Å². The van der Waals surface area contributed by atoms with E-state index in [1.165, 1.54) is 11.3 Å². The summed E-state index contributed by atoms with van der Waals surface area (Å²) in [5.41, 5.74) is 1.28. The summed E-state index contributed by atoms with van der Waals surface area (Å²) in [5, 5.41) is 3.34. The Balaban J connectivity index is 2.10. The quantitative estimate of drug-likeness (QED) is 0.618. The van der Waals surface area contributed by atoms with Gasteiger partial charge in [0.15, 0.2) is 5.13 Å². The molecule has 1 amide bonds. The highest BCUT2D eigenvalue weighted by Crippen LogP contribution is 2.27. The molecule has 0 spiro atoms. The minimum absolute atomic E-state index is 0.0410. The Bertz CT molecular complexity index is 666. The first kappa shape index (κ1) is 16.4. The van der Waals surface area contributed by atoms with Crippen molar-refractivity contribution in [2.45, 2.75) is 39.5 Å². The second-order valence-electron chi connectivity index (χ2n) is 4.99. The summed E-state index contributed by atoms with van der Waals surface area (Å²) in [6, 6.07) is 5.24. The van der Waals surface area contributed by atoms with Gasteiger partial charge in [-0.2, -0.15) is 0 Å². The lowest BCUT2D eigenvalue weighted by Crippen LogP contribution is -2.09. The normalized spacial score (nSPS) is 10.6. The molecular formula is C16H20N2O3S. The van der Waals surface area contributed by atoms with Gasteiger partial charge in [0.05, 0.1) is 22.4 Å². The van der Waals surface area contributed by atoms with E-state index < -0.39 is 0 Å². The molecule has 5 nitrogen and oxygen atoms in total. The highest BCUT2D eigenvalue weighted by atomic mass is 32.1. The van der Waals surface area contributed by atoms with Gasteiger partial charge in [-0.3, -0.25) is 4.79 Å². The molecule has 2 aromatic rings. The van der Waals surface area contributed by atoms with Crippen molar-refractivity contribution in [3.63, 3.8) is 0 Å². The topological polar surface area (TPSA) is 68.3 Å². The molecule has 0 saturated heterocycles. The predicted molar refractivity (Wildman–Crippen MR) is 88.3 cm³/mol. The molecule has 1 heterocycles. The number of esters is 1. The lowest BCUT2D eigenvalue weighted by atomic mass is 10.2. The first-order valence-electron chi connectivity index (χ1n) is 7.51. The third-order valence-electron chi connectivity index (χ3n) is 3.08. The van der Waals surface area contributed by atoms with Crippen LogP contribution in [0.4, 0.5) is 5.13 Å². The third-order valence-corrected chi connectivity index (χ3v) is 4.01. The van der Waals surface area contributed by atoms with Crippen molar-refractivity contribution in [3.8, 4) is 0 Å². The number of nitrogens with zero attached hydrogens (tertiary/aromatic N) is 1. The molecule has 6 heteroatoms. The predicted octanol–water partition coefficient (Wildman–Crippen LogP) is 3.99. The smallest absolute Gasteiger partial charge is 0.338 e. The van der Waals surface area contributed by atoms with Crippen LogP contribution < -0.4 is 5.32 Å². The van der Waals surface area contributed by atoms with Crippen LogP contribution in [-0.2, 0) is 9.53 Å². The molecule has 0 fully saturated rings. The Hall–Kier alpha value is -1.95. The van der Waals surface area contributed by atoms with E-state index in [4.69, 9.17) is 4.74 Å². The zero-order valence-electron chi connectivity index (χ0n) is 12.8. The Labute approximate surface area is 133 Å². The van der Waals surface area contributed by atoms with Crippen LogP contribution in [0.25, 0.3) is 10.2 Å². The molecular weight excluding hydrogens is 300 g/mol. The van der Waals surface area contributed by atoms with Crippen LogP contribution in [0.5, 0.6) is 0 Å². The number of benzene rings is 1. The molecule has 1 N–H and O–H groups in total. The number of fused-ring (bicyclic) bond motifs is 1. The Morgan fingerprint density at radius 1 is 1.27 bits per heavy atom. The fraction of sp³-hybridized carbons (Fsp3) is 0.438. The first-order valence-corrected chi connectivity index (χ1v) is 8.33. The fourth-order valence-electron chi connectivity index (χ4n) is 1.91. The number of hydrogen-bond donors (Lipinski definition) is 1. The average Bonchev–Trinajstić information content (AvgIpc) is 2.88.